The van der Waals surface area contributed by atoms with Crippen LogP contribution in [0.1, 0.15) is 12.0 Å². The largest absolute Gasteiger partial charge is 0.480 e. The van der Waals surface area contributed by atoms with Crippen LogP contribution in [0.25, 0.3) is 11.1 Å². The van der Waals surface area contributed by atoms with E-state index in [1.807, 2.05) is 24.3 Å². The SMILES string of the molecule is Nc1ncc(-c2ccc(CN3CCC(=O)C(C(=O)NCC(=O)O)C3=O)cc2)cn1. The molecule has 10 heteroatoms. The first kappa shape index (κ1) is 19.9. The molecule has 1 atom stereocenters. The minimum atomic E-state index is -1.51. The van der Waals surface area contributed by atoms with Crippen LogP contribution in [-0.2, 0) is 25.7 Å². The fourth-order valence-electron chi connectivity index (χ4n) is 3.01. The maximum Gasteiger partial charge on any atom is 0.322 e. The highest BCUT2D eigenvalue weighted by Gasteiger charge is 2.40. The number of carbonyl (C=O) groups excluding carboxylic acids is 3. The van der Waals surface area contributed by atoms with Gasteiger partial charge in [0.15, 0.2) is 11.7 Å². The molecular formula is C19H19N5O5. The summed E-state index contributed by atoms with van der Waals surface area (Å²) in [5, 5.41) is 10.7. The van der Waals surface area contributed by atoms with Gasteiger partial charge in [-0.1, -0.05) is 24.3 Å². The van der Waals surface area contributed by atoms with Crippen molar-refractivity contribution >= 4 is 29.5 Å². The summed E-state index contributed by atoms with van der Waals surface area (Å²) >= 11 is 0. The summed E-state index contributed by atoms with van der Waals surface area (Å²) in [4.78, 5) is 56.6. The van der Waals surface area contributed by atoms with Crippen molar-refractivity contribution in [2.45, 2.75) is 13.0 Å². The molecule has 2 heterocycles. The molecule has 2 aromatic rings. The van der Waals surface area contributed by atoms with Gasteiger partial charge in [-0.2, -0.15) is 0 Å². The molecule has 1 aromatic carbocycles. The van der Waals surface area contributed by atoms with Gasteiger partial charge < -0.3 is 21.1 Å². The van der Waals surface area contributed by atoms with E-state index < -0.39 is 36.0 Å². The summed E-state index contributed by atoms with van der Waals surface area (Å²) in [6.07, 6.45) is 3.26. The van der Waals surface area contributed by atoms with Crippen molar-refractivity contribution < 1.29 is 24.3 Å². The average molecular weight is 397 g/mol. The summed E-state index contributed by atoms with van der Waals surface area (Å²) in [5.74, 6) is -4.59. The number of aromatic nitrogens is 2. The van der Waals surface area contributed by atoms with Gasteiger partial charge in [-0.25, -0.2) is 9.97 Å². The van der Waals surface area contributed by atoms with Crippen LogP contribution in [0, 0.1) is 5.92 Å². The van der Waals surface area contributed by atoms with Gasteiger partial charge in [0.05, 0.1) is 0 Å². The molecule has 150 valence electrons. The number of carbonyl (C=O) groups is 4. The van der Waals surface area contributed by atoms with Crippen LogP contribution < -0.4 is 11.1 Å². The molecule has 0 bridgehead atoms. The van der Waals surface area contributed by atoms with E-state index in [4.69, 9.17) is 10.8 Å². The fraction of sp³-hybridized carbons (Fsp3) is 0.263. The number of carboxylic acids is 1. The molecule has 1 aliphatic rings. The molecule has 1 fully saturated rings. The summed E-state index contributed by atoms with van der Waals surface area (Å²) in [6, 6.07) is 7.35. The average Bonchev–Trinajstić information content (AvgIpc) is 2.70. The fourth-order valence-corrected chi connectivity index (χ4v) is 3.01. The minimum Gasteiger partial charge on any atom is -0.480 e. The minimum absolute atomic E-state index is 0.0394. The Labute approximate surface area is 165 Å². The van der Waals surface area contributed by atoms with E-state index in [0.29, 0.717) is 0 Å². The van der Waals surface area contributed by atoms with Gasteiger partial charge in [-0.3, -0.25) is 19.2 Å². The lowest BCUT2D eigenvalue weighted by molar-refractivity contribution is -0.152. The van der Waals surface area contributed by atoms with Crippen LogP contribution in [0.5, 0.6) is 0 Å². The van der Waals surface area contributed by atoms with Crippen LogP contribution in [0.4, 0.5) is 5.95 Å². The molecule has 10 nitrogen and oxygen atoms in total. The number of hydrogen-bond donors (Lipinski definition) is 3. The van der Waals surface area contributed by atoms with Gasteiger partial charge in [0.2, 0.25) is 17.8 Å². The maximum absolute atomic E-state index is 12.6. The molecule has 0 radical (unpaired) electrons. The Morgan fingerprint density at radius 1 is 1.14 bits per heavy atom. The molecule has 1 aliphatic heterocycles. The Morgan fingerprint density at radius 2 is 1.79 bits per heavy atom. The summed E-state index contributed by atoms with van der Waals surface area (Å²) in [7, 11) is 0. The second kappa shape index (κ2) is 8.46. The number of likely N-dealkylation sites (tertiary alicyclic amines) is 1. The zero-order chi connectivity index (χ0) is 21.0. The summed E-state index contributed by atoms with van der Waals surface area (Å²) in [5.41, 5.74) is 7.96. The first-order valence-electron chi connectivity index (χ1n) is 8.83. The van der Waals surface area contributed by atoms with Crippen molar-refractivity contribution in [1.82, 2.24) is 20.2 Å². The third-order valence-electron chi connectivity index (χ3n) is 4.52. The van der Waals surface area contributed by atoms with Gasteiger partial charge >= 0.3 is 5.97 Å². The summed E-state index contributed by atoms with van der Waals surface area (Å²) in [6.45, 7) is -0.215. The number of nitrogen functional groups attached to an aromatic ring is 1. The number of anilines is 1. The molecule has 0 saturated carbocycles. The van der Waals surface area contributed by atoms with Gasteiger partial charge in [-0.15, -0.1) is 0 Å². The van der Waals surface area contributed by atoms with Crippen molar-refractivity contribution in [1.29, 1.82) is 0 Å². The van der Waals surface area contributed by atoms with Gasteiger partial charge in [-0.05, 0) is 11.1 Å². The standard InChI is InChI=1S/C19H19N5O5/c20-19-22-7-13(8-23-19)12-3-1-11(2-4-12)10-24-6-5-14(25)16(18(24)29)17(28)21-9-15(26)27/h1-4,7-8,16H,5-6,9-10H2,(H,21,28)(H,26,27)(H2,20,22,23). The van der Waals surface area contributed by atoms with Crippen LogP contribution in [0.2, 0.25) is 0 Å². The monoisotopic (exact) mass is 397 g/mol. The number of Topliss-reactive ketones (excluding diaryl/α,β-unsaturated/α-hetero) is 1. The van der Waals surface area contributed by atoms with Crippen LogP contribution in [0.3, 0.4) is 0 Å². The van der Waals surface area contributed by atoms with Crippen molar-refractivity contribution in [3.8, 4) is 11.1 Å². The molecule has 2 amide bonds. The lowest BCUT2D eigenvalue weighted by atomic mass is 9.94. The number of hydrogen-bond acceptors (Lipinski definition) is 7. The van der Waals surface area contributed by atoms with E-state index >= 15 is 0 Å². The number of amides is 2. The highest BCUT2D eigenvalue weighted by Crippen LogP contribution is 2.21. The molecule has 1 saturated heterocycles. The highest BCUT2D eigenvalue weighted by atomic mass is 16.4. The second-order valence-corrected chi connectivity index (χ2v) is 6.55. The van der Waals surface area contributed by atoms with Crippen molar-refractivity contribution in [2.24, 2.45) is 5.92 Å². The Hall–Kier alpha value is -3.82. The van der Waals surface area contributed by atoms with Crippen LogP contribution in [0.15, 0.2) is 36.7 Å². The van der Waals surface area contributed by atoms with Crippen LogP contribution in [-0.4, -0.2) is 56.6 Å². The molecule has 3 rings (SSSR count). The lowest BCUT2D eigenvalue weighted by Gasteiger charge is -2.30. The van der Waals surface area contributed by atoms with E-state index in [2.05, 4.69) is 15.3 Å². The molecule has 0 aliphatic carbocycles. The molecule has 0 spiro atoms. The van der Waals surface area contributed by atoms with Gasteiger partial charge in [0, 0.05) is 37.5 Å². The third-order valence-corrected chi connectivity index (χ3v) is 4.52. The number of rotatable bonds is 6. The number of nitrogens with one attached hydrogen (secondary N) is 1. The van der Waals surface area contributed by atoms with E-state index in [-0.39, 0.29) is 25.5 Å². The van der Waals surface area contributed by atoms with E-state index in [1.54, 1.807) is 12.4 Å². The van der Waals surface area contributed by atoms with E-state index in [1.165, 1.54) is 4.90 Å². The summed E-state index contributed by atoms with van der Waals surface area (Å²) < 4.78 is 0. The Kier molecular flexibility index (Phi) is 5.82. The van der Waals surface area contributed by atoms with Crippen molar-refractivity contribution in [3.63, 3.8) is 0 Å². The predicted molar refractivity (Wildman–Crippen MR) is 101 cm³/mol. The van der Waals surface area contributed by atoms with Crippen LogP contribution >= 0.6 is 0 Å². The Morgan fingerprint density at radius 3 is 2.41 bits per heavy atom. The lowest BCUT2D eigenvalue weighted by Crippen LogP contribution is -2.52. The zero-order valence-electron chi connectivity index (χ0n) is 15.4. The van der Waals surface area contributed by atoms with E-state index in [9.17, 15) is 19.2 Å². The third kappa shape index (κ3) is 4.72. The number of carboxylic acid groups (broad SMARTS) is 1. The number of nitrogens with zero attached hydrogens (tertiary/aromatic N) is 3. The Bertz CT molecular complexity index is 942. The maximum atomic E-state index is 12.6. The molecule has 29 heavy (non-hydrogen) atoms. The normalized spacial score (nSPS) is 16.6. The highest BCUT2D eigenvalue weighted by molar-refractivity contribution is 6.19. The molecular weight excluding hydrogens is 378 g/mol. The second-order valence-electron chi connectivity index (χ2n) is 6.55. The molecule has 1 unspecified atom stereocenters. The number of piperidine rings is 1. The van der Waals surface area contributed by atoms with Crippen molar-refractivity contribution in [3.05, 3.63) is 42.2 Å². The number of ketones is 1. The zero-order valence-corrected chi connectivity index (χ0v) is 15.4. The molecule has 4 N–H and O–H groups in total. The number of aliphatic carboxylic acids is 1. The van der Waals surface area contributed by atoms with Gasteiger partial charge in [0.25, 0.3) is 0 Å². The quantitative estimate of drug-likeness (QED) is 0.568. The molecule has 1 aromatic heterocycles. The number of nitrogens with two attached hydrogens (primary N) is 1. The van der Waals surface area contributed by atoms with Gasteiger partial charge in [0.1, 0.15) is 6.54 Å². The smallest absolute Gasteiger partial charge is 0.322 e. The first-order valence-corrected chi connectivity index (χ1v) is 8.83. The number of benzene rings is 1. The predicted octanol–water partition coefficient (Wildman–Crippen LogP) is -0.156. The van der Waals surface area contributed by atoms with E-state index in [0.717, 1.165) is 16.7 Å². The Balaban J connectivity index is 1.68. The topological polar surface area (TPSA) is 156 Å². The first-order chi connectivity index (χ1) is 13.8. The van der Waals surface area contributed by atoms with Crippen molar-refractivity contribution in [2.75, 3.05) is 18.8 Å².